The van der Waals surface area contributed by atoms with E-state index in [9.17, 15) is 0 Å². The van der Waals surface area contributed by atoms with Gasteiger partial charge in [0, 0.05) is 31.4 Å². The lowest BCUT2D eigenvalue weighted by Gasteiger charge is -2.19. The molecule has 1 fully saturated rings. The topological polar surface area (TPSA) is 87.6 Å². The van der Waals surface area contributed by atoms with Gasteiger partial charge in [0.05, 0.1) is 0 Å². The number of amidine groups is 1. The summed E-state index contributed by atoms with van der Waals surface area (Å²) in [7, 11) is 0. The number of oxime groups is 1. The molecule has 2 heterocycles. The Morgan fingerprint density at radius 2 is 2.00 bits per heavy atom. The molecule has 1 unspecified atom stereocenters. The van der Waals surface area contributed by atoms with Crippen molar-refractivity contribution in [2.75, 3.05) is 18.0 Å². The highest BCUT2D eigenvalue weighted by molar-refractivity contribution is 5.99. The molecule has 0 spiro atoms. The van der Waals surface area contributed by atoms with Crippen LogP contribution in [-0.2, 0) is 0 Å². The van der Waals surface area contributed by atoms with Crippen LogP contribution >= 0.6 is 0 Å². The van der Waals surface area contributed by atoms with Gasteiger partial charge in [-0.05, 0) is 12.0 Å². The van der Waals surface area contributed by atoms with Gasteiger partial charge in [0.1, 0.15) is 0 Å². The molecule has 0 amide bonds. The quantitative estimate of drug-likeness (QED) is 0.386. The molecular weight excluding hydrogens is 266 g/mol. The van der Waals surface area contributed by atoms with Gasteiger partial charge in [-0.1, -0.05) is 35.5 Å². The van der Waals surface area contributed by atoms with Gasteiger partial charge in [0.25, 0.3) is 0 Å². The van der Waals surface area contributed by atoms with E-state index in [1.54, 1.807) is 12.4 Å². The minimum atomic E-state index is -0.0127. The molecular formula is C15H17N5O. The van der Waals surface area contributed by atoms with E-state index in [0.29, 0.717) is 17.4 Å². The summed E-state index contributed by atoms with van der Waals surface area (Å²) >= 11 is 0. The Balaban J connectivity index is 1.84. The normalized spacial score (nSPS) is 19.0. The zero-order valence-corrected chi connectivity index (χ0v) is 11.6. The van der Waals surface area contributed by atoms with E-state index >= 15 is 0 Å². The fourth-order valence-electron chi connectivity index (χ4n) is 2.74. The highest BCUT2D eigenvalue weighted by Crippen LogP contribution is 2.30. The predicted octanol–water partition coefficient (Wildman–Crippen LogP) is 1.56. The van der Waals surface area contributed by atoms with E-state index in [-0.39, 0.29) is 5.84 Å². The first-order valence-corrected chi connectivity index (χ1v) is 6.88. The second kappa shape index (κ2) is 5.78. The molecule has 1 aliphatic heterocycles. The first-order chi connectivity index (χ1) is 10.3. The number of nitrogens with two attached hydrogens (primary N) is 1. The monoisotopic (exact) mass is 283 g/mol. The third kappa shape index (κ3) is 2.65. The lowest BCUT2D eigenvalue weighted by atomic mass is 9.99. The molecule has 21 heavy (non-hydrogen) atoms. The van der Waals surface area contributed by atoms with Crippen molar-refractivity contribution in [1.82, 2.24) is 9.97 Å². The number of aromatic nitrogens is 2. The Hall–Kier alpha value is -2.63. The molecule has 6 nitrogen and oxygen atoms in total. The molecule has 0 bridgehead atoms. The van der Waals surface area contributed by atoms with E-state index in [1.807, 2.05) is 6.07 Å². The molecule has 0 saturated carbocycles. The van der Waals surface area contributed by atoms with Crippen LogP contribution in [0.15, 0.2) is 47.9 Å². The Kier molecular flexibility index (Phi) is 3.68. The zero-order valence-electron chi connectivity index (χ0n) is 11.6. The maximum absolute atomic E-state index is 8.86. The lowest BCUT2D eigenvalue weighted by molar-refractivity contribution is 0.318. The van der Waals surface area contributed by atoms with Crippen LogP contribution in [0.4, 0.5) is 5.82 Å². The van der Waals surface area contributed by atoms with E-state index in [4.69, 9.17) is 10.9 Å². The van der Waals surface area contributed by atoms with Crippen LogP contribution in [0.2, 0.25) is 0 Å². The second-order valence-corrected chi connectivity index (χ2v) is 5.06. The first-order valence-electron chi connectivity index (χ1n) is 6.88. The number of nitrogens with zero attached hydrogens (tertiary/aromatic N) is 4. The third-order valence-electron chi connectivity index (χ3n) is 3.79. The fourth-order valence-corrected chi connectivity index (χ4v) is 2.74. The number of benzene rings is 1. The summed E-state index contributed by atoms with van der Waals surface area (Å²) in [6.07, 6.45) is 4.22. The summed E-state index contributed by atoms with van der Waals surface area (Å²) in [6.45, 7) is 1.73. The Bertz CT molecular complexity index is 644. The SMILES string of the molecule is NC(=NO)c1nccnc1N1CCC(c2ccccc2)C1. The lowest BCUT2D eigenvalue weighted by Crippen LogP contribution is -2.26. The number of hydrogen-bond donors (Lipinski definition) is 2. The molecule has 1 atom stereocenters. The van der Waals surface area contributed by atoms with Gasteiger partial charge < -0.3 is 15.8 Å². The van der Waals surface area contributed by atoms with Crippen molar-refractivity contribution in [3.05, 3.63) is 54.0 Å². The molecule has 1 aliphatic rings. The molecule has 3 N–H and O–H groups in total. The average molecular weight is 283 g/mol. The van der Waals surface area contributed by atoms with Gasteiger partial charge >= 0.3 is 0 Å². The third-order valence-corrected chi connectivity index (χ3v) is 3.79. The molecule has 108 valence electrons. The predicted molar refractivity (Wildman–Crippen MR) is 80.6 cm³/mol. The molecule has 1 aromatic carbocycles. The summed E-state index contributed by atoms with van der Waals surface area (Å²) < 4.78 is 0. The molecule has 0 radical (unpaired) electrons. The van der Waals surface area contributed by atoms with Crippen LogP contribution in [-0.4, -0.2) is 34.1 Å². The summed E-state index contributed by atoms with van der Waals surface area (Å²) in [6, 6.07) is 10.4. The van der Waals surface area contributed by atoms with E-state index in [2.05, 4.69) is 44.3 Å². The van der Waals surface area contributed by atoms with E-state index in [0.717, 1.165) is 19.5 Å². The van der Waals surface area contributed by atoms with Gasteiger partial charge in [-0.25, -0.2) is 9.97 Å². The van der Waals surface area contributed by atoms with Gasteiger partial charge in [-0.3, -0.25) is 0 Å². The maximum atomic E-state index is 8.86. The summed E-state index contributed by atoms with van der Waals surface area (Å²) in [5, 5.41) is 11.9. The summed E-state index contributed by atoms with van der Waals surface area (Å²) in [5.74, 6) is 1.13. The van der Waals surface area contributed by atoms with Crippen LogP contribution in [0.3, 0.4) is 0 Å². The minimum absolute atomic E-state index is 0.0127. The van der Waals surface area contributed by atoms with Crippen LogP contribution in [0.25, 0.3) is 0 Å². The Labute approximate surface area is 122 Å². The van der Waals surface area contributed by atoms with Crippen LogP contribution in [0, 0.1) is 0 Å². The minimum Gasteiger partial charge on any atom is -0.409 e. The van der Waals surface area contributed by atoms with Crippen molar-refractivity contribution in [3.8, 4) is 0 Å². The zero-order chi connectivity index (χ0) is 14.7. The van der Waals surface area contributed by atoms with Crippen molar-refractivity contribution in [3.63, 3.8) is 0 Å². The maximum Gasteiger partial charge on any atom is 0.192 e. The van der Waals surface area contributed by atoms with Crippen LogP contribution < -0.4 is 10.6 Å². The number of rotatable bonds is 3. The van der Waals surface area contributed by atoms with E-state index in [1.165, 1.54) is 5.56 Å². The standard InChI is InChI=1S/C15H17N5O/c16-14(19-21)13-15(18-8-7-17-13)20-9-6-12(10-20)11-4-2-1-3-5-11/h1-5,7-8,12,21H,6,9-10H2,(H2,16,19). The van der Waals surface area contributed by atoms with Gasteiger partial charge in [0.2, 0.25) is 0 Å². The average Bonchev–Trinajstić information content (AvgIpc) is 3.05. The number of anilines is 1. The molecule has 1 saturated heterocycles. The molecule has 6 heteroatoms. The summed E-state index contributed by atoms with van der Waals surface area (Å²) in [4.78, 5) is 10.7. The van der Waals surface area contributed by atoms with Crippen molar-refractivity contribution in [2.45, 2.75) is 12.3 Å². The summed E-state index contributed by atoms with van der Waals surface area (Å²) in [5.41, 5.74) is 7.43. The van der Waals surface area contributed by atoms with Crippen LogP contribution in [0.5, 0.6) is 0 Å². The van der Waals surface area contributed by atoms with Crippen molar-refractivity contribution in [2.24, 2.45) is 10.9 Å². The molecule has 2 aromatic rings. The Morgan fingerprint density at radius 1 is 1.24 bits per heavy atom. The molecule has 1 aromatic heterocycles. The first kappa shape index (κ1) is 13.4. The molecule has 0 aliphatic carbocycles. The van der Waals surface area contributed by atoms with Crippen molar-refractivity contribution < 1.29 is 5.21 Å². The fraction of sp³-hybridized carbons (Fsp3) is 0.267. The van der Waals surface area contributed by atoms with Gasteiger partial charge in [-0.2, -0.15) is 0 Å². The number of hydrogen-bond acceptors (Lipinski definition) is 5. The van der Waals surface area contributed by atoms with Gasteiger partial charge in [0.15, 0.2) is 17.3 Å². The largest absolute Gasteiger partial charge is 0.409 e. The van der Waals surface area contributed by atoms with Crippen molar-refractivity contribution in [1.29, 1.82) is 0 Å². The highest BCUT2D eigenvalue weighted by atomic mass is 16.4. The molecule has 3 rings (SSSR count). The Morgan fingerprint density at radius 3 is 2.76 bits per heavy atom. The second-order valence-electron chi connectivity index (χ2n) is 5.06. The van der Waals surface area contributed by atoms with Crippen molar-refractivity contribution >= 4 is 11.7 Å². The van der Waals surface area contributed by atoms with Gasteiger partial charge in [-0.15, -0.1) is 0 Å². The smallest absolute Gasteiger partial charge is 0.192 e. The highest BCUT2D eigenvalue weighted by Gasteiger charge is 2.27. The van der Waals surface area contributed by atoms with E-state index < -0.39 is 0 Å². The van der Waals surface area contributed by atoms with Crippen LogP contribution in [0.1, 0.15) is 23.6 Å².